The van der Waals surface area contributed by atoms with Gasteiger partial charge < -0.3 is 20.1 Å². The quantitative estimate of drug-likeness (QED) is 0.513. The standard InChI is InChI=1S/C27H28F2N4O3/c1-17(19-3-2-4-22(11-19)27(28,29)16-34)31-25-13-30-32-24-6-5-20(12-23(24)25)18-7-9-33(10-8-18)26(35)21-14-36-15-21/h2-7,11-13,17,21,34H,8-10,14-16H2,1H3,(H,31,32)/t17-/m1/s1. The third-order valence-corrected chi connectivity index (χ3v) is 6.90. The summed E-state index contributed by atoms with van der Waals surface area (Å²) in [5, 5.41) is 21.6. The van der Waals surface area contributed by atoms with Crippen molar-refractivity contribution in [1.82, 2.24) is 15.1 Å². The van der Waals surface area contributed by atoms with E-state index in [1.54, 1.807) is 18.3 Å². The number of carbonyl (C=O) groups is 1. The van der Waals surface area contributed by atoms with Gasteiger partial charge in [-0.3, -0.25) is 4.79 Å². The Labute approximate surface area is 207 Å². The summed E-state index contributed by atoms with van der Waals surface area (Å²) < 4.78 is 33.1. The van der Waals surface area contributed by atoms with E-state index in [0.29, 0.717) is 31.9 Å². The molecule has 2 aliphatic heterocycles. The van der Waals surface area contributed by atoms with Gasteiger partial charge in [0.2, 0.25) is 5.91 Å². The van der Waals surface area contributed by atoms with Gasteiger partial charge in [0.1, 0.15) is 6.61 Å². The van der Waals surface area contributed by atoms with Crippen molar-refractivity contribution in [2.24, 2.45) is 5.92 Å². The molecule has 0 radical (unpaired) electrons. The van der Waals surface area contributed by atoms with Crippen LogP contribution in [0.25, 0.3) is 16.5 Å². The van der Waals surface area contributed by atoms with Gasteiger partial charge in [0.15, 0.2) is 0 Å². The minimum absolute atomic E-state index is 0.00891. The van der Waals surface area contributed by atoms with Gasteiger partial charge in [0.25, 0.3) is 5.92 Å². The number of fused-ring (bicyclic) bond motifs is 1. The molecule has 1 atom stereocenters. The van der Waals surface area contributed by atoms with Crippen LogP contribution in [0.4, 0.5) is 14.5 Å². The molecule has 1 saturated heterocycles. The van der Waals surface area contributed by atoms with E-state index >= 15 is 0 Å². The lowest BCUT2D eigenvalue weighted by Crippen LogP contribution is -2.46. The molecule has 0 saturated carbocycles. The fraction of sp³-hybridized carbons (Fsp3) is 0.370. The molecule has 0 spiro atoms. The van der Waals surface area contributed by atoms with Gasteiger partial charge in [-0.25, -0.2) is 0 Å². The van der Waals surface area contributed by atoms with Gasteiger partial charge in [-0.1, -0.05) is 30.3 Å². The summed E-state index contributed by atoms with van der Waals surface area (Å²) in [6.07, 6.45) is 4.48. The van der Waals surface area contributed by atoms with Gasteiger partial charge in [-0.2, -0.15) is 19.0 Å². The number of hydrogen-bond donors (Lipinski definition) is 2. The van der Waals surface area contributed by atoms with E-state index in [2.05, 4.69) is 27.7 Å². The van der Waals surface area contributed by atoms with E-state index in [1.807, 2.05) is 24.0 Å². The van der Waals surface area contributed by atoms with Crippen molar-refractivity contribution in [3.05, 3.63) is 71.4 Å². The van der Waals surface area contributed by atoms with Crippen LogP contribution in [0.1, 0.15) is 36.1 Å². The molecule has 9 heteroatoms. The second-order valence-electron chi connectivity index (χ2n) is 9.34. The second kappa shape index (κ2) is 9.91. The molecule has 0 bridgehead atoms. The summed E-state index contributed by atoms with van der Waals surface area (Å²) in [7, 11) is 0. The van der Waals surface area contributed by atoms with E-state index in [1.165, 1.54) is 17.7 Å². The van der Waals surface area contributed by atoms with Gasteiger partial charge >= 0.3 is 0 Å². The summed E-state index contributed by atoms with van der Waals surface area (Å²) in [6.45, 7) is 2.92. The van der Waals surface area contributed by atoms with Crippen molar-refractivity contribution >= 4 is 28.1 Å². The molecule has 2 N–H and O–H groups in total. The molecule has 1 amide bonds. The predicted octanol–water partition coefficient (Wildman–Crippen LogP) is 4.15. The van der Waals surface area contributed by atoms with E-state index in [-0.39, 0.29) is 23.4 Å². The molecule has 1 fully saturated rings. The molecule has 1 aromatic heterocycles. The van der Waals surface area contributed by atoms with Crippen molar-refractivity contribution < 1.29 is 23.4 Å². The van der Waals surface area contributed by atoms with Crippen LogP contribution >= 0.6 is 0 Å². The lowest BCUT2D eigenvalue weighted by molar-refractivity contribution is -0.149. The highest BCUT2D eigenvalue weighted by Gasteiger charge is 2.32. The molecule has 2 aliphatic rings. The second-order valence-corrected chi connectivity index (χ2v) is 9.34. The Hall–Kier alpha value is -3.43. The molecule has 2 aromatic carbocycles. The minimum Gasteiger partial charge on any atom is -0.390 e. The van der Waals surface area contributed by atoms with Crippen LogP contribution in [0.3, 0.4) is 0 Å². The summed E-state index contributed by atoms with van der Waals surface area (Å²) in [4.78, 5) is 14.4. The number of carbonyl (C=O) groups excluding carboxylic acids is 1. The SMILES string of the molecule is C[C@@H](Nc1cnnc2ccc(C3=CCN(C(=O)C4COC4)CC3)cc12)c1cccc(C(F)(F)CO)c1. The van der Waals surface area contributed by atoms with Crippen LogP contribution in [0, 0.1) is 5.92 Å². The van der Waals surface area contributed by atoms with E-state index in [9.17, 15) is 13.6 Å². The van der Waals surface area contributed by atoms with E-state index < -0.39 is 12.5 Å². The average molecular weight is 495 g/mol. The molecule has 188 valence electrons. The molecule has 5 rings (SSSR count). The summed E-state index contributed by atoms with van der Waals surface area (Å²) in [5.74, 6) is -3.15. The maximum Gasteiger partial charge on any atom is 0.295 e. The zero-order valence-electron chi connectivity index (χ0n) is 20.0. The smallest absolute Gasteiger partial charge is 0.295 e. The number of ether oxygens (including phenoxy) is 1. The highest BCUT2D eigenvalue weighted by Crippen LogP contribution is 2.32. The normalized spacial score (nSPS) is 17.4. The molecule has 7 nitrogen and oxygen atoms in total. The van der Waals surface area contributed by atoms with Crippen molar-refractivity contribution in [2.75, 3.05) is 38.2 Å². The Morgan fingerprint density at radius 1 is 1.28 bits per heavy atom. The number of amides is 1. The number of halogens is 2. The lowest BCUT2D eigenvalue weighted by Gasteiger charge is -2.33. The molecule has 0 unspecified atom stereocenters. The highest BCUT2D eigenvalue weighted by atomic mass is 19.3. The number of aliphatic hydroxyl groups excluding tert-OH is 1. The Bertz CT molecular complexity index is 1310. The van der Waals surface area contributed by atoms with Gasteiger partial charge in [0, 0.05) is 30.1 Å². The summed E-state index contributed by atoms with van der Waals surface area (Å²) in [5.41, 5.74) is 4.12. The molecule has 36 heavy (non-hydrogen) atoms. The number of hydrogen-bond acceptors (Lipinski definition) is 6. The van der Waals surface area contributed by atoms with Crippen LogP contribution in [-0.2, 0) is 15.5 Å². The third kappa shape index (κ3) is 4.81. The van der Waals surface area contributed by atoms with Crippen molar-refractivity contribution in [3.8, 4) is 0 Å². The number of nitrogens with zero attached hydrogens (tertiary/aromatic N) is 3. The maximum absolute atomic E-state index is 14.0. The molecule has 3 aromatic rings. The first kappa shape index (κ1) is 24.3. The van der Waals surface area contributed by atoms with Crippen LogP contribution in [0.15, 0.2) is 54.7 Å². The average Bonchev–Trinajstić information content (AvgIpc) is 2.88. The Balaban J connectivity index is 1.37. The predicted molar refractivity (Wildman–Crippen MR) is 132 cm³/mol. The first-order chi connectivity index (χ1) is 17.4. The molecule has 3 heterocycles. The largest absolute Gasteiger partial charge is 0.390 e. The van der Waals surface area contributed by atoms with Crippen molar-refractivity contribution in [3.63, 3.8) is 0 Å². The topological polar surface area (TPSA) is 87.6 Å². The van der Waals surface area contributed by atoms with Crippen molar-refractivity contribution in [2.45, 2.75) is 25.3 Å². The number of anilines is 1. The Kier molecular flexibility index (Phi) is 6.68. The number of aromatic nitrogens is 2. The van der Waals surface area contributed by atoms with Crippen LogP contribution in [-0.4, -0.2) is 59.0 Å². The lowest BCUT2D eigenvalue weighted by atomic mass is 9.96. The summed E-state index contributed by atoms with van der Waals surface area (Å²) in [6, 6.07) is 11.7. The van der Waals surface area contributed by atoms with Gasteiger partial charge in [0.05, 0.1) is 36.5 Å². The van der Waals surface area contributed by atoms with Gasteiger partial charge in [-0.15, -0.1) is 0 Å². The van der Waals surface area contributed by atoms with Crippen molar-refractivity contribution in [1.29, 1.82) is 0 Å². The van der Waals surface area contributed by atoms with Crippen LogP contribution in [0.5, 0.6) is 0 Å². The molecular formula is C27H28F2N4O3. The van der Waals surface area contributed by atoms with Gasteiger partial charge in [-0.05, 0) is 48.2 Å². The van der Waals surface area contributed by atoms with Crippen LogP contribution < -0.4 is 5.32 Å². The van der Waals surface area contributed by atoms with E-state index in [0.717, 1.165) is 28.6 Å². The number of rotatable bonds is 7. The number of nitrogens with one attached hydrogen (secondary N) is 1. The number of aliphatic hydroxyl groups is 1. The Morgan fingerprint density at radius 3 is 2.81 bits per heavy atom. The summed E-state index contributed by atoms with van der Waals surface area (Å²) >= 11 is 0. The first-order valence-corrected chi connectivity index (χ1v) is 12.0. The molecule has 0 aliphatic carbocycles. The highest BCUT2D eigenvalue weighted by molar-refractivity contribution is 5.93. The zero-order chi connectivity index (χ0) is 25.3. The zero-order valence-corrected chi connectivity index (χ0v) is 20.0. The number of alkyl halides is 2. The first-order valence-electron chi connectivity index (χ1n) is 12.0. The molecular weight excluding hydrogens is 466 g/mol. The maximum atomic E-state index is 14.0. The fourth-order valence-electron chi connectivity index (χ4n) is 4.58. The monoisotopic (exact) mass is 494 g/mol. The Morgan fingerprint density at radius 2 is 2.11 bits per heavy atom. The number of benzene rings is 2. The fourth-order valence-corrected chi connectivity index (χ4v) is 4.58. The minimum atomic E-state index is -3.30. The van der Waals surface area contributed by atoms with Crippen LogP contribution in [0.2, 0.25) is 0 Å². The third-order valence-electron chi connectivity index (χ3n) is 6.90. The van der Waals surface area contributed by atoms with E-state index in [4.69, 9.17) is 9.84 Å².